The maximum atomic E-state index is 12.8. The lowest BCUT2D eigenvalue weighted by Gasteiger charge is -2.20. The van der Waals surface area contributed by atoms with Crippen LogP contribution in [0.1, 0.15) is 36.0 Å². The van der Waals surface area contributed by atoms with Crippen molar-refractivity contribution in [3.8, 4) is 0 Å². The van der Waals surface area contributed by atoms with Gasteiger partial charge in [-0.25, -0.2) is 0 Å². The predicted molar refractivity (Wildman–Crippen MR) is 65.7 cm³/mol. The van der Waals surface area contributed by atoms with Crippen LogP contribution in [0.3, 0.4) is 0 Å². The second-order valence-corrected chi connectivity index (χ2v) is 5.03. The average molecular weight is 257 g/mol. The number of likely N-dealkylation sites (N-methyl/N-ethyl adjacent to an activating group) is 1. The van der Waals surface area contributed by atoms with Gasteiger partial charge in [0.05, 0.1) is 5.56 Å². The molecule has 100 valence electrons. The zero-order chi connectivity index (χ0) is 13.3. The number of hydrogen-bond acceptors (Lipinski definition) is 1. The van der Waals surface area contributed by atoms with Crippen molar-refractivity contribution < 1.29 is 13.2 Å². The number of rotatable bonds is 1. The molecule has 0 aromatic heterocycles. The van der Waals surface area contributed by atoms with Crippen molar-refractivity contribution in [2.75, 3.05) is 20.1 Å². The van der Waals surface area contributed by atoms with Gasteiger partial charge in [-0.15, -0.1) is 0 Å². The highest BCUT2D eigenvalue weighted by Crippen LogP contribution is 2.35. The summed E-state index contributed by atoms with van der Waals surface area (Å²) in [6, 6.07) is 4.21. The Morgan fingerprint density at radius 3 is 2.67 bits per heavy atom. The van der Waals surface area contributed by atoms with Gasteiger partial charge in [-0.3, -0.25) is 0 Å². The number of fused-ring (bicyclic) bond motifs is 1. The second kappa shape index (κ2) is 4.92. The maximum Gasteiger partial charge on any atom is 0.416 e. The monoisotopic (exact) mass is 257 g/mol. The van der Waals surface area contributed by atoms with E-state index in [9.17, 15) is 13.2 Å². The lowest BCUT2D eigenvalue weighted by molar-refractivity contribution is -0.137. The number of halogens is 3. The van der Waals surface area contributed by atoms with E-state index in [0.29, 0.717) is 0 Å². The Kier molecular flexibility index (Phi) is 3.66. The highest BCUT2D eigenvalue weighted by Gasteiger charge is 2.32. The van der Waals surface area contributed by atoms with Gasteiger partial charge in [-0.05, 0) is 49.1 Å². The zero-order valence-corrected chi connectivity index (χ0v) is 10.7. The van der Waals surface area contributed by atoms with Crippen LogP contribution in [-0.2, 0) is 12.6 Å². The molecular weight excluding hydrogens is 239 g/mol. The van der Waals surface area contributed by atoms with E-state index in [1.54, 1.807) is 6.07 Å². The van der Waals surface area contributed by atoms with E-state index in [4.69, 9.17) is 0 Å². The van der Waals surface area contributed by atoms with Gasteiger partial charge in [-0.2, -0.15) is 13.2 Å². The van der Waals surface area contributed by atoms with Crippen LogP contribution in [0.4, 0.5) is 13.2 Å². The second-order valence-electron chi connectivity index (χ2n) is 5.03. The summed E-state index contributed by atoms with van der Waals surface area (Å²) >= 11 is 0. The van der Waals surface area contributed by atoms with Gasteiger partial charge < -0.3 is 4.90 Å². The molecular formula is C14H18F3N. The molecule has 1 aliphatic heterocycles. The van der Waals surface area contributed by atoms with Crippen LogP contribution in [0.15, 0.2) is 18.2 Å². The van der Waals surface area contributed by atoms with Gasteiger partial charge in [0.2, 0.25) is 0 Å². The standard InChI is InChI=1S/C14H18F3N/c1-3-10-9-18(2)7-6-11-4-5-12(8-13(10)11)14(15,16)17/h4-5,8,10H,3,6-7,9H2,1-2H3. The van der Waals surface area contributed by atoms with Crippen molar-refractivity contribution in [1.82, 2.24) is 4.90 Å². The van der Waals surface area contributed by atoms with E-state index >= 15 is 0 Å². The van der Waals surface area contributed by atoms with Gasteiger partial charge in [0.1, 0.15) is 0 Å². The van der Waals surface area contributed by atoms with Gasteiger partial charge in [-0.1, -0.05) is 13.0 Å². The smallest absolute Gasteiger partial charge is 0.305 e. The molecule has 0 N–H and O–H groups in total. The first-order valence-corrected chi connectivity index (χ1v) is 6.30. The lowest BCUT2D eigenvalue weighted by Crippen LogP contribution is -2.23. The Morgan fingerprint density at radius 2 is 2.06 bits per heavy atom. The summed E-state index contributed by atoms with van der Waals surface area (Å²) in [7, 11) is 2.03. The summed E-state index contributed by atoms with van der Waals surface area (Å²) in [5, 5.41) is 0. The van der Waals surface area contributed by atoms with Crippen LogP contribution < -0.4 is 0 Å². The molecule has 2 rings (SSSR count). The summed E-state index contributed by atoms with van der Waals surface area (Å²) in [6.45, 7) is 3.79. The van der Waals surface area contributed by atoms with E-state index in [-0.39, 0.29) is 5.92 Å². The molecule has 18 heavy (non-hydrogen) atoms. The summed E-state index contributed by atoms with van der Waals surface area (Å²) < 4.78 is 38.3. The first kappa shape index (κ1) is 13.4. The van der Waals surface area contributed by atoms with Crippen LogP contribution >= 0.6 is 0 Å². The molecule has 0 amide bonds. The number of alkyl halides is 3. The van der Waals surface area contributed by atoms with Crippen molar-refractivity contribution in [3.05, 3.63) is 34.9 Å². The molecule has 1 heterocycles. The van der Waals surface area contributed by atoms with Crippen LogP contribution in [0, 0.1) is 0 Å². The van der Waals surface area contributed by atoms with E-state index < -0.39 is 11.7 Å². The third kappa shape index (κ3) is 2.69. The molecule has 1 aliphatic rings. The fourth-order valence-electron chi connectivity index (χ4n) is 2.61. The Labute approximate surface area is 106 Å². The van der Waals surface area contributed by atoms with E-state index in [1.165, 1.54) is 12.1 Å². The van der Waals surface area contributed by atoms with Crippen molar-refractivity contribution >= 4 is 0 Å². The molecule has 0 aliphatic carbocycles. The Balaban J connectivity index is 2.43. The SMILES string of the molecule is CCC1CN(C)CCc2ccc(C(F)(F)F)cc21. The Morgan fingerprint density at radius 1 is 1.33 bits per heavy atom. The quantitative estimate of drug-likeness (QED) is 0.741. The molecule has 4 heteroatoms. The molecule has 1 unspecified atom stereocenters. The normalized spacial score (nSPS) is 21.5. The van der Waals surface area contributed by atoms with E-state index in [0.717, 1.165) is 37.1 Å². The maximum absolute atomic E-state index is 12.8. The van der Waals surface area contributed by atoms with Gasteiger partial charge in [0.25, 0.3) is 0 Å². The Hall–Kier alpha value is -1.03. The van der Waals surface area contributed by atoms with Crippen molar-refractivity contribution in [3.63, 3.8) is 0 Å². The number of nitrogens with zero attached hydrogens (tertiary/aromatic N) is 1. The summed E-state index contributed by atoms with van der Waals surface area (Å²) in [4.78, 5) is 2.20. The topological polar surface area (TPSA) is 3.24 Å². The van der Waals surface area contributed by atoms with Gasteiger partial charge in [0.15, 0.2) is 0 Å². The summed E-state index contributed by atoms with van der Waals surface area (Å²) in [5.74, 6) is 0.204. The average Bonchev–Trinajstić information content (AvgIpc) is 2.47. The minimum absolute atomic E-state index is 0.204. The predicted octanol–water partition coefficient (Wildman–Crippen LogP) is 3.69. The molecule has 0 fully saturated rings. The lowest BCUT2D eigenvalue weighted by atomic mass is 9.90. The number of hydrogen-bond donors (Lipinski definition) is 0. The molecule has 1 nitrogen and oxygen atoms in total. The first-order chi connectivity index (χ1) is 8.41. The molecule has 1 aromatic carbocycles. The first-order valence-electron chi connectivity index (χ1n) is 6.30. The molecule has 0 saturated carbocycles. The third-order valence-electron chi connectivity index (χ3n) is 3.70. The van der Waals surface area contributed by atoms with Crippen LogP contribution in [0.25, 0.3) is 0 Å². The molecule has 1 aromatic rings. The summed E-state index contributed by atoms with van der Waals surface area (Å²) in [6.07, 6.45) is -2.54. The largest absolute Gasteiger partial charge is 0.416 e. The minimum atomic E-state index is -4.24. The highest BCUT2D eigenvalue weighted by molar-refractivity contribution is 5.37. The molecule has 0 saturated heterocycles. The Bertz CT molecular complexity index is 426. The van der Waals surface area contributed by atoms with Crippen LogP contribution in [-0.4, -0.2) is 25.0 Å². The van der Waals surface area contributed by atoms with Crippen molar-refractivity contribution in [2.24, 2.45) is 0 Å². The van der Waals surface area contributed by atoms with Crippen LogP contribution in [0.5, 0.6) is 0 Å². The highest BCUT2D eigenvalue weighted by atomic mass is 19.4. The fourth-order valence-corrected chi connectivity index (χ4v) is 2.61. The zero-order valence-electron chi connectivity index (χ0n) is 10.7. The minimum Gasteiger partial charge on any atom is -0.305 e. The fraction of sp³-hybridized carbons (Fsp3) is 0.571. The van der Waals surface area contributed by atoms with Gasteiger partial charge >= 0.3 is 6.18 Å². The molecule has 0 radical (unpaired) electrons. The van der Waals surface area contributed by atoms with E-state index in [2.05, 4.69) is 4.90 Å². The molecule has 0 spiro atoms. The number of benzene rings is 1. The third-order valence-corrected chi connectivity index (χ3v) is 3.70. The van der Waals surface area contributed by atoms with Crippen molar-refractivity contribution in [2.45, 2.75) is 31.9 Å². The molecule has 0 bridgehead atoms. The van der Waals surface area contributed by atoms with Crippen LogP contribution in [0.2, 0.25) is 0 Å². The molecule has 1 atom stereocenters. The van der Waals surface area contributed by atoms with E-state index in [1.807, 2.05) is 14.0 Å². The van der Waals surface area contributed by atoms with Crippen molar-refractivity contribution in [1.29, 1.82) is 0 Å². The van der Waals surface area contributed by atoms with Gasteiger partial charge in [0, 0.05) is 13.1 Å². The summed E-state index contributed by atoms with van der Waals surface area (Å²) in [5.41, 5.74) is 1.43.